The van der Waals surface area contributed by atoms with Crippen LogP contribution in [0.4, 0.5) is 0 Å². The lowest BCUT2D eigenvalue weighted by Crippen LogP contribution is -2.67. The van der Waals surface area contributed by atoms with Gasteiger partial charge in [-0.1, -0.05) is 0 Å². The fourth-order valence-electron chi connectivity index (χ4n) is 4.73. The van der Waals surface area contributed by atoms with Crippen molar-refractivity contribution in [1.29, 1.82) is 0 Å². The van der Waals surface area contributed by atoms with Gasteiger partial charge in [0, 0.05) is 55.4 Å². The topological polar surface area (TPSA) is 238 Å². The van der Waals surface area contributed by atoms with Gasteiger partial charge < -0.3 is 52.1 Å². The van der Waals surface area contributed by atoms with Crippen LogP contribution in [0.25, 0.3) is 0 Å². The van der Waals surface area contributed by atoms with Crippen LogP contribution in [-0.4, -0.2) is 122 Å². The molecule has 0 aromatic rings. The van der Waals surface area contributed by atoms with E-state index in [9.17, 15) is 38.4 Å². The summed E-state index contributed by atoms with van der Waals surface area (Å²) in [5.74, 6) is -7.02. The average Bonchev–Trinajstić information content (AvgIpc) is 2.91. The molecule has 1 unspecified atom stereocenters. The van der Waals surface area contributed by atoms with Crippen molar-refractivity contribution >= 4 is 47.8 Å². The quantitative estimate of drug-likeness (QED) is 0.181. The molecule has 2 aliphatic heterocycles. The van der Waals surface area contributed by atoms with E-state index in [-0.39, 0.29) is 0 Å². The number of carbonyl (C=O) groups excluding carboxylic acids is 8. The smallest absolute Gasteiger partial charge is 0.305 e. The maximum atomic E-state index is 12.3. The van der Waals surface area contributed by atoms with Crippen molar-refractivity contribution in [3.8, 4) is 0 Å². The first-order valence-corrected chi connectivity index (χ1v) is 14.2. The van der Waals surface area contributed by atoms with Crippen LogP contribution in [0.1, 0.15) is 55.4 Å². The maximum Gasteiger partial charge on any atom is 0.305 e. The Morgan fingerprint density at radius 3 is 1.11 bits per heavy atom. The number of carbonyl (C=O) groups is 8. The second-order valence-corrected chi connectivity index (χ2v) is 10.3. The molecule has 2 heterocycles. The largest absolute Gasteiger partial charge is 0.463 e. The zero-order valence-electron chi connectivity index (χ0n) is 26.9. The Hall–Kier alpha value is -4.36. The molecule has 10 atom stereocenters. The molecule has 2 fully saturated rings. The van der Waals surface area contributed by atoms with Gasteiger partial charge in [0.1, 0.15) is 31.5 Å². The van der Waals surface area contributed by atoms with Gasteiger partial charge in [0.2, 0.25) is 12.4 Å². The molecule has 19 heteroatoms. The molecule has 0 aromatic heterocycles. The first-order valence-electron chi connectivity index (χ1n) is 14.2. The molecule has 47 heavy (non-hydrogen) atoms. The Morgan fingerprint density at radius 2 is 0.702 bits per heavy atom. The Kier molecular flexibility index (Phi) is 14.5. The molecular weight excluding hydrogens is 640 g/mol. The van der Waals surface area contributed by atoms with Gasteiger partial charge in [-0.05, 0) is 0 Å². The van der Waals surface area contributed by atoms with E-state index in [1.54, 1.807) is 0 Å². The Morgan fingerprint density at radius 1 is 0.383 bits per heavy atom. The van der Waals surface area contributed by atoms with Crippen molar-refractivity contribution in [1.82, 2.24) is 0 Å². The van der Waals surface area contributed by atoms with Crippen molar-refractivity contribution in [2.24, 2.45) is 0 Å². The van der Waals surface area contributed by atoms with E-state index in [0.717, 1.165) is 55.4 Å². The Labute approximate surface area is 268 Å². The van der Waals surface area contributed by atoms with Gasteiger partial charge in [-0.2, -0.15) is 0 Å². The predicted molar refractivity (Wildman–Crippen MR) is 145 cm³/mol. The van der Waals surface area contributed by atoms with Crippen LogP contribution >= 0.6 is 0 Å². The molecule has 2 aliphatic rings. The molecule has 2 saturated heterocycles. The summed E-state index contributed by atoms with van der Waals surface area (Å²) in [5.41, 5.74) is 0. The standard InChI is InChI=1S/C28H38O19/c1-11(29)37-9-19-21(39-13(3)31)23(40-14(4)32)26(43-17(7)35)28(46-19)47-22-20(10-38-12(2)30)45-27(44-18(8)36)25(42-16(6)34)24(22)41-15(5)33/h19-28H,9-10H2,1-8H3/t19-,20-,21+,22-,23+,24+,25+,26-,27?,28+/m1/s1. The highest BCUT2D eigenvalue weighted by molar-refractivity contribution is 5.70. The number of esters is 8. The van der Waals surface area contributed by atoms with E-state index >= 15 is 0 Å². The van der Waals surface area contributed by atoms with Crippen molar-refractivity contribution in [3.63, 3.8) is 0 Å². The molecule has 2 rings (SSSR count). The monoisotopic (exact) mass is 678 g/mol. The van der Waals surface area contributed by atoms with Gasteiger partial charge in [0.05, 0.1) is 0 Å². The highest BCUT2D eigenvalue weighted by Gasteiger charge is 2.58. The van der Waals surface area contributed by atoms with E-state index in [1.165, 1.54) is 0 Å². The van der Waals surface area contributed by atoms with E-state index in [4.69, 9.17) is 52.1 Å². The molecule has 264 valence electrons. The van der Waals surface area contributed by atoms with Crippen LogP contribution < -0.4 is 0 Å². The lowest BCUT2D eigenvalue weighted by molar-refractivity contribution is -0.357. The van der Waals surface area contributed by atoms with E-state index in [0.29, 0.717) is 0 Å². The molecule has 0 aromatic carbocycles. The molecule has 0 spiro atoms. The van der Waals surface area contributed by atoms with Crippen molar-refractivity contribution in [3.05, 3.63) is 0 Å². The van der Waals surface area contributed by atoms with Crippen LogP contribution in [0.3, 0.4) is 0 Å². The summed E-state index contributed by atoms with van der Waals surface area (Å²) in [5, 5.41) is 0. The van der Waals surface area contributed by atoms with Gasteiger partial charge in [-0.3, -0.25) is 38.4 Å². The van der Waals surface area contributed by atoms with E-state index < -0.39 is 122 Å². The lowest BCUT2D eigenvalue weighted by Gasteiger charge is -2.48. The summed E-state index contributed by atoms with van der Waals surface area (Å²) >= 11 is 0. The predicted octanol–water partition coefficient (Wildman–Crippen LogP) is -0.831. The fourth-order valence-corrected chi connectivity index (χ4v) is 4.73. The SMILES string of the molecule is CC(=O)OC[C@H]1O[C@@H](O[C@H]2[C@H](OC(C)=O)[C@H](OC(C)=O)C(OC(C)=O)O[C@@H]2COC(C)=O)[C@H](OC(C)=O)[C@@H](OC(C)=O)[C@H]1OC(C)=O. The third-order valence-electron chi connectivity index (χ3n) is 6.17. The van der Waals surface area contributed by atoms with Crippen LogP contribution in [0.5, 0.6) is 0 Å². The minimum absolute atomic E-state index is 0.590. The summed E-state index contributed by atoms with van der Waals surface area (Å²) in [4.78, 5) is 96.3. The number of ether oxygens (including phenoxy) is 11. The van der Waals surface area contributed by atoms with Gasteiger partial charge in [0.15, 0.2) is 30.7 Å². The van der Waals surface area contributed by atoms with Crippen LogP contribution in [-0.2, 0) is 90.5 Å². The molecule has 0 saturated carbocycles. The lowest BCUT2D eigenvalue weighted by atomic mass is 9.96. The molecule has 0 amide bonds. The first kappa shape index (κ1) is 38.8. The number of rotatable bonds is 12. The second-order valence-electron chi connectivity index (χ2n) is 10.3. The van der Waals surface area contributed by atoms with Crippen LogP contribution in [0, 0.1) is 0 Å². The molecular formula is C28H38O19. The molecule has 0 N–H and O–H groups in total. The number of hydrogen-bond acceptors (Lipinski definition) is 19. The third kappa shape index (κ3) is 12.1. The Balaban J connectivity index is 2.73. The maximum absolute atomic E-state index is 12.3. The highest BCUT2D eigenvalue weighted by atomic mass is 16.8. The summed E-state index contributed by atoms with van der Waals surface area (Å²) in [6, 6.07) is 0. The third-order valence-corrected chi connectivity index (χ3v) is 6.17. The first-order chi connectivity index (χ1) is 21.9. The minimum Gasteiger partial charge on any atom is -0.463 e. The average molecular weight is 679 g/mol. The summed E-state index contributed by atoms with van der Waals surface area (Å²) in [6.07, 6.45) is -16.3. The summed E-state index contributed by atoms with van der Waals surface area (Å²) in [7, 11) is 0. The van der Waals surface area contributed by atoms with E-state index in [2.05, 4.69) is 0 Å². The fraction of sp³-hybridized carbons (Fsp3) is 0.714. The molecule has 0 aliphatic carbocycles. The van der Waals surface area contributed by atoms with Crippen LogP contribution in [0.2, 0.25) is 0 Å². The van der Waals surface area contributed by atoms with Crippen molar-refractivity contribution < 1.29 is 90.5 Å². The van der Waals surface area contributed by atoms with Gasteiger partial charge in [-0.15, -0.1) is 0 Å². The van der Waals surface area contributed by atoms with E-state index in [1.807, 2.05) is 0 Å². The summed E-state index contributed by atoms with van der Waals surface area (Å²) in [6.45, 7) is 7.05. The summed E-state index contributed by atoms with van der Waals surface area (Å²) < 4.78 is 60.2. The molecule has 19 nitrogen and oxygen atoms in total. The van der Waals surface area contributed by atoms with Crippen LogP contribution in [0.15, 0.2) is 0 Å². The van der Waals surface area contributed by atoms with Crippen molar-refractivity contribution in [2.75, 3.05) is 13.2 Å². The molecule has 0 radical (unpaired) electrons. The Bertz CT molecular complexity index is 1200. The zero-order chi connectivity index (χ0) is 35.6. The molecule has 0 bridgehead atoms. The van der Waals surface area contributed by atoms with Gasteiger partial charge in [-0.25, -0.2) is 0 Å². The normalized spacial score (nSPS) is 30.0. The second kappa shape index (κ2) is 17.5. The van der Waals surface area contributed by atoms with Gasteiger partial charge in [0.25, 0.3) is 0 Å². The minimum atomic E-state index is -1.83. The number of hydrogen-bond donors (Lipinski definition) is 0. The van der Waals surface area contributed by atoms with Gasteiger partial charge >= 0.3 is 47.8 Å². The zero-order valence-corrected chi connectivity index (χ0v) is 26.9. The van der Waals surface area contributed by atoms with Crippen molar-refractivity contribution in [2.45, 2.75) is 117 Å². The highest BCUT2D eigenvalue weighted by Crippen LogP contribution is 2.35.